The van der Waals surface area contributed by atoms with Gasteiger partial charge in [0.1, 0.15) is 5.58 Å². The van der Waals surface area contributed by atoms with Crippen molar-refractivity contribution < 1.29 is 13.9 Å². The summed E-state index contributed by atoms with van der Waals surface area (Å²) in [6.45, 7) is 3.43. The Hall–Kier alpha value is -3.57. The van der Waals surface area contributed by atoms with Gasteiger partial charge in [-0.2, -0.15) is 0 Å². The van der Waals surface area contributed by atoms with E-state index in [-0.39, 0.29) is 23.5 Å². The van der Waals surface area contributed by atoms with Crippen LogP contribution in [0, 0.1) is 13.8 Å². The number of hydrogen-bond donors (Lipinski definition) is 1. The molecule has 4 aromatic rings. The van der Waals surface area contributed by atoms with Crippen molar-refractivity contribution in [2.24, 2.45) is 0 Å². The van der Waals surface area contributed by atoms with Crippen LogP contribution in [0.5, 0.6) is 5.75 Å². The molecule has 0 fully saturated rings. The van der Waals surface area contributed by atoms with Crippen LogP contribution in [0.15, 0.2) is 75.9 Å². The summed E-state index contributed by atoms with van der Waals surface area (Å²) < 4.78 is 11.9. The summed E-state index contributed by atoms with van der Waals surface area (Å²) in [7, 11) is 0. The Balaban J connectivity index is 1.78. The molecule has 31 heavy (non-hydrogen) atoms. The molecule has 1 aromatic heterocycles. The maximum Gasteiger partial charge on any atom is 0.262 e. The molecule has 1 amide bonds. The predicted octanol–water partition coefficient (Wildman–Crippen LogP) is 5.75. The molecule has 0 aliphatic carbocycles. The van der Waals surface area contributed by atoms with E-state index in [2.05, 4.69) is 5.32 Å². The van der Waals surface area contributed by atoms with Gasteiger partial charge in [0.05, 0.1) is 10.4 Å². The lowest BCUT2D eigenvalue weighted by Gasteiger charge is -2.14. The highest BCUT2D eigenvalue weighted by Gasteiger charge is 2.21. The SMILES string of the molecule is Cc1cc(C)c2oc(-c3ccccc3Cl)c(OCC(=O)Nc3ccccc3)c(=O)c2c1. The van der Waals surface area contributed by atoms with E-state index in [1.54, 1.807) is 42.5 Å². The average molecular weight is 434 g/mol. The summed E-state index contributed by atoms with van der Waals surface area (Å²) >= 11 is 6.37. The zero-order chi connectivity index (χ0) is 22.0. The highest BCUT2D eigenvalue weighted by atomic mass is 35.5. The van der Waals surface area contributed by atoms with Crippen LogP contribution in [-0.2, 0) is 4.79 Å². The van der Waals surface area contributed by atoms with Crippen LogP contribution in [0.3, 0.4) is 0 Å². The Labute approximate surface area is 184 Å². The highest BCUT2D eigenvalue weighted by molar-refractivity contribution is 6.33. The number of carbonyl (C=O) groups is 1. The average Bonchev–Trinajstić information content (AvgIpc) is 2.75. The van der Waals surface area contributed by atoms with E-state index in [1.807, 2.05) is 38.1 Å². The van der Waals surface area contributed by atoms with Gasteiger partial charge in [-0.25, -0.2) is 0 Å². The van der Waals surface area contributed by atoms with Crippen molar-refractivity contribution in [3.63, 3.8) is 0 Å². The Morgan fingerprint density at radius 1 is 1.03 bits per heavy atom. The van der Waals surface area contributed by atoms with E-state index >= 15 is 0 Å². The van der Waals surface area contributed by atoms with Gasteiger partial charge in [-0.05, 0) is 55.3 Å². The van der Waals surface area contributed by atoms with Crippen molar-refractivity contribution in [1.82, 2.24) is 0 Å². The third kappa shape index (κ3) is 4.32. The number of carbonyl (C=O) groups excluding carboxylic acids is 1. The van der Waals surface area contributed by atoms with Crippen LogP contribution in [0.25, 0.3) is 22.3 Å². The lowest BCUT2D eigenvalue weighted by atomic mass is 10.1. The van der Waals surface area contributed by atoms with Crippen LogP contribution >= 0.6 is 11.6 Å². The van der Waals surface area contributed by atoms with E-state index in [1.165, 1.54) is 0 Å². The molecule has 1 heterocycles. The monoisotopic (exact) mass is 433 g/mol. The predicted molar refractivity (Wildman–Crippen MR) is 123 cm³/mol. The van der Waals surface area contributed by atoms with E-state index in [4.69, 9.17) is 20.8 Å². The van der Waals surface area contributed by atoms with Gasteiger partial charge in [-0.15, -0.1) is 0 Å². The number of fused-ring (bicyclic) bond motifs is 1. The summed E-state index contributed by atoms with van der Waals surface area (Å²) in [5, 5.41) is 3.54. The van der Waals surface area contributed by atoms with Crippen LogP contribution in [0.1, 0.15) is 11.1 Å². The second-order valence-electron chi connectivity index (χ2n) is 7.23. The lowest BCUT2D eigenvalue weighted by molar-refractivity contribution is -0.118. The maximum absolute atomic E-state index is 13.3. The number of halogens is 1. The fraction of sp³-hybridized carbons (Fsp3) is 0.120. The number of aryl methyl sites for hydroxylation is 2. The van der Waals surface area contributed by atoms with Crippen molar-refractivity contribution in [1.29, 1.82) is 0 Å². The molecule has 1 N–H and O–H groups in total. The minimum absolute atomic E-state index is 0.0474. The summed E-state index contributed by atoms with van der Waals surface area (Å²) in [5.74, 6) is -0.243. The molecule has 0 saturated heterocycles. The van der Waals surface area contributed by atoms with Gasteiger partial charge in [-0.3, -0.25) is 9.59 Å². The van der Waals surface area contributed by atoms with E-state index < -0.39 is 5.91 Å². The highest BCUT2D eigenvalue weighted by Crippen LogP contribution is 2.36. The fourth-order valence-corrected chi connectivity index (χ4v) is 3.66. The standard InChI is InChI=1S/C25H20ClNO4/c1-15-12-16(2)23-19(13-15)22(29)25(24(31-23)18-10-6-7-11-20(18)26)30-14-21(28)27-17-8-4-3-5-9-17/h3-13H,14H2,1-2H3,(H,27,28). The third-order valence-electron chi connectivity index (χ3n) is 4.80. The number of amides is 1. The van der Waals surface area contributed by atoms with Gasteiger partial charge in [-0.1, -0.05) is 48.0 Å². The molecule has 0 spiro atoms. The van der Waals surface area contributed by atoms with Crippen molar-refractivity contribution >= 4 is 34.2 Å². The Morgan fingerprint density at radius 3 is 2.48 bits per heavy atom. The minimum Gasteiger partial charge on any atom is -0.476 e. The largest absolute Gasteiger partial charge is 0.476 e. The molecular weight excluding hydrogens is 414 g/mol. The summed E-state index contributed by atoms with van der Waals surface area (Å²) in [5.41, 5.74) is 3.02. The van der Waals surface area contributed by atoms with Crippen molar-refractivity contribution in [2.45, 2.75) is 13.8 Å². The lowest BCUT2D eigenvalue weighted by Crippen LogP contribution is -2.22. The molecule has 0 radical (unpaired) electrons. The smallest absolute Gasteiger partial charge is 0.262 e. The normalized spacial score (nSPS) is 10.8. The van der Waals surface area contributed by atoms with Gasteiger partial charge >= 0.3 is 0 Å². The number of para-hydroxylation sites is 1. The molecular formula is C25H20ClNO4. The van der Waals surface area contributed by atoms with Crippen molar-refractivity contribution in [3.8, 4) is 17.1 Å². The quantitative estimate of drug-likeness (QED) is 0.435. The number of anilines is 1. The molecule has 0 atom stereocenters. The Kier molecular flexibility index (Phi) is 5.78. The van der Waals surface area contributed by atoms with Crippen molar-refractivity contribution in [2.75, 3.05) is 11.9 Å². The number of nitrogens with one attached hydrogen (secondary N) is 1. The molecule has 6 heteroatoms. The van der Waals surface area contributed by atoms with Gasteiger partial charge in [0.15, 0.2) is 12.4 Å². The molecule has 5 nitrogen and oxygen atoms in total. The maximum atomic E-state index is 13.3. The minimum atomic E-state index is -0.392. The van der Waals surface area contributed by atoms with Crippen LogP contribution in [0.2, 0.25) is 5.02 Å². The first kappa shape index (κ1) is 20.7. The summed E-state index contributed by atoms with van der Waals surface area (Å²) in [6.07, 6.45) is 0. The first-order valence-corrected chi connectivity index (χ1v) is 10.1. The molecule has 0 saturated carbocycles. The second-order valence-corrected chi connectivity index (χ2v) is 7.64. The van der Waals surface area contributed by atoms with Gasteiger partial charge in [0, 0.05) is 11.3 Å². The fourth-order valence-electron chi connectivity index (χ4n) is 3.44. The second kappa shape index (κ2) is 8.66. The summed E-state index contributed by atoms with van der Waals surface area (Å²) in [4.78, 5) is 25.7. The first-order valence-electron chi connectivity index (χ1n) is 9.74. The van der Waals surface area contributed by atoms with Gasteiger partial charge < -0.3 is 14.5 Å². The Morgan fingerprint density at radius 2 is 1.74 bits per heavy atom. The number of rotatable bonds is 5. The number of hydrogen-bond acceptors (Lipinski definition) is 4. The van der Waals surface area contributed by atoms with E-state index in [0.717, 1.165) is 11.1 Å². The van der Waals surface area contributed by atoms with Crippen LogP contribution in [-0.4, -0.2) is 12.5 Å². The zero-order valence-electron chi connectivity index (χ0n) is 17.1. The molecule has 3 aromatic carbocycles. The molecule has 0 aliphatic heterocycles. The summed E-state index contributed by atoms with van der Waals surface area (Å²) in [6, 6.07) is 19.7. The molecule has 0 unspecified atom stereocenters. The molecule has 0 bridgehead atoms. The third-order valence-corrected chi connectivity index (χ3v) is 5.13. The topological polar surface area (TPSA) is 68.5 Å². The first-order chi connectivity index (χ1) is 14.9. The molecule has 4 rings (SSSR count). The van der Waals surface area contributed by atoms with Crippen LogP contribution < -0.4 is 15.5 Å². The van der Waals surface area contributed by atoms with E-state index in [9.17, 15) is 9.59 Å². The van der Waals surface area contributed by atoms with E-state index in [0.29, 0.717) is 27.2 Å². The van der Waals surface area contributed by atoms with Crippen LogP contribution in [0.4, 0.5) is 5.69 Å². The van der Waals surface area contributed by atoms with Gasteiger partial charge in [0.25, 0.3) is 5.91 Å². The number of ether oxygens (including phenoxy) is 1. The van der Waals surface area contributed by atoms with Gasteiger partial charge in [0.2, 0.25) is 11.2 Å². The molecule has 0 aliphatic rings. The number of benzene rings is 3. The Bertz CT molecular complexity index is 1330. The molecule has 156 valence electrons. The zero-order valence-corrected chi connectivity index (χ0v) is 17.8. The van der Waals surface area contributed by atoms with Crippen molar-refractivity contribution in [3.05, 3.63) is 93.1 Å².